The van der Waals surface area contributed by atoms with Crippen molar-refractivity contribution < 1.29 is 14.2 Å². The Balaban J connectivity index is 1.50. The lowest BCUT2D eigenvalue weighted by molar-refractivity contribution is -0.385. The molecule has 4 aromatic rings. The van der Waals surface area contributed by atoms with Crippen LogP contribution in [0, 0.1) is 24.0 Å². The van der Waals surface area contributed by atoms with Crippen molar-refractivity contribution in [1.29, 1.82) is 0 Å². The van der Waals surface area contributed by atoms with Crippen LogP contribution in [0.25, 0.3) is 0 Å². The van der Waals surface area contributed by atoms with Crippen molar-refractivity contribution in [3.8, 4) is 0 Å². The van der Waals surface area contributed by atoms with Gasteiger partial charge >= 0.3 is 5.69 Å². The fourth-order valence-corrected chi connectivity index (χ4v) is 3.26. The molecule has 1 aromatic carbocycles. The molecule has 3 aromatic heterocycles. The van der Waals surface area contributed by atoms with E-state index in [1.807, 2.05) is 31.2 Å². The third-order valence-electron chi connectivity index (χ3n) is 4.76. The number of halogens is 1. The van der Waals surface area contributed by atoms with Crippen molar-refractivity contribution in [1.82, 2.24) is 24.7 Å². The van der Waals surface area contributed by atoms with Gasteiger partial charge in [-0.25, -0.2) is 0 Å². The monoisotopic (exact) mass is 455 g/mol. The summed E-state index contributed by atoms with van der Waals surface area (Å²) < 4.78 is 8.12. The molecule has 0 unspecified atom stereocenters. The Morgan fingerprint density at radius 1 is 1.19 bits per heavy atom. The number of benzene rings is 1. The Morgan fingerprint density at radius 2 is 1.94 bits per heavy atom. The summed E-state index contributed by atoms with van der Waals surface area (Å²) in [6.07, 6.45) is 4.01. The summed E-state index contributed by atoms with van der Waals surface area (Å²) in [6.45, 7) is 4.21. The lowest BCUT2D eigenvalue weighted by Crippen LogP contribution is -2.16. The lowest BCUT2D eigenvalue weighted by Gasteiger charge is -2.04. The molecule has 0 saturated heterocycles. The number of hydrogen-bond acceptors (Lipinski definition) is 7. The fraction of sp³-hybridized carbons (Fsp3) is 0.200. The summed E-state index contributed by atoms with van der Waals surface area (Å²) in [7, 11) is 0. The molecule has 11 nitrogen and oxygen atoms in total. The Bertz CT molecular complexity index is 1290. The van der Waals surface area contributed by atoms with Crippen LogP contribution in [0.1, 0.15) is 32.9 Å². The predicted octanol–water partition coefficient (Wildman–Crippen LogP) is 3.59. The number of hydrogen-bond donors (Lipinski definition) is 1. The average molecular weight is 456 g/mol. The smallest absolute Gasteiger partial charge is 0.307 e. The molecule has 0 radical (unpaired) electrons. The standard InChI is InChI=1S/C20H18ClN7O4/c1-12-3-5-14(6-4-12)8-27-11-17(21)19(24-27)23-20(29)18-16(13(2)32-25-18)10-26-9-15(7-22-26)28(30)31/h3-7,9,11H,8,10H2,1-2H3,(H,23,24,29). The van der Waals surface area contributed by atoms with Crippen LogP contribution in [0.15, 0.2) is 47.4 Å². The fourth-order valence-electron chi connectivity index (χ4n) is 3.06. The van der Waals surface area contributed by atoms with Gasteiger partial charge in [0.1, 0.15) is 23.2 Å². The van der Waals surface area contributed by atoms with Crippen LogP contribution in [0.4, 0.5) is 11.5 Å². The Kier molecular flexibility index (Phi) is 5.73. The summed E-state index contributed by atoms with van der Waals surface area (Å²) >= 11 is 6.26. The number of rotatable bonds is 7. The molecular formula is C20H18ClN7O4. The highest BCUT2D eigenvalue weighted by Crippen LogP contribution is 2.23. The highest BCUT2D eigenvalue weighted by molar-refractivity contribution is 6.33. The molecule has 0 saturated carbocycles. The molecule has 164 valence electrons. The maximum atomic E-state index is 12.8. The van der Waals surface area contributed by atoms with E-state index in [4.69, 9.17) is 16.1 Å². The molecule has 12 heteroatoms. The molecule has 0 bridgehead atoms. The Labute approximate surface area is 186 Å². The first-order valence-electron chi connectivity index (χ1n) is 9.52. The normalized spacial score (nSPS) is 11.0. The molecular weight excluding hydrogens is 438 g/mol. The SMILES string of the molecule is Cc1ccc(Cn2cc(Cl)c(NC(=O)c3noc(C)c3Cn3cc([N+](=O)[O-])cn3)n2)cc1. The zero-order valence-electron chi connectivity index (χ0n) is 17.1. The Hall–Kier alpha value is -3.99. The number of nitro groups is 1. The molecule has 0 aliphatic rings. The van der Waals surface area contributed by atoms with E-state index < -0.39 is 10.8 Å². The number of amides is 1. The number of nitrogens with zero attached hydrogens (tertiary/aromatic N) is 6. The van der Waals surface area contributed by atoms with E-state index in [2.05, 4.69) is 20.7 Å². The van der Waals surface area contributed by atoms with Crippen LogP contribution >= 0.6 is 11.6 Å². The molecule has 1 amide bonds. The van der Waals surface area contributed by atoms with Gasteiger partial charge in [0.25, 0.3) is 5.91 Å². The van der Waals surface area contributed by atoms with Crippen LogP contribution in [0.5, 0.6) is 0 Å². The molecule has 0 spiro atoms. The van der Waals surface area contributed by atoms with Gasteiger partial charge in [0.15, 0.2) is 11.5 Å². The van der Waals surface area contributed by atoms with Gasteiger partial charge < -0.3 is 9.84 Å². The quantitative estimate of drug-likeness (QED) is 0.332. The summed E-state index contributed by atoms with van der Waals surface area (Å²) in [5.74, 6) is 0.00963. The first-order valence-corrected chi connectivity index (χ1v) is 9.90. The van der Waals surface area contributed by atoms with Gasteiger partial charge in [-0.15, -0.1) is 0 Å². The first kappa shape index (κ1) is 21.2. The minimum absolute atomic E-state index is 0.0183. The maximum Gasteiger partial charge on any atom is 0.307 e. The highest BCUT2D eigenvalue weighted by atomic mass is 35.5. The molecule has 0 fully saturated rings. The lowest BCUT2D eigenvalue weighted by atomic mass is 10.1. The van der Waals surface area contributed by atoms with Crippen molar-refractivity contribution in [2.24, 2.45) is 0 Å². The van der Waals surface area contributed by atoms with Crippen molar-refractivity contribution >= 4 is 29.0 Å². The summed E-state index contributed by atoms with van der Waals surface area (Å²) in [4.78, 5) is 23.1. The molecule has 1 N–H and O–H groups in total. The summed E-state index contributed by atoms with van der Waals surface area (Å²) in [6, 6.07) is 8.00. The number of carbonyl (C=O) groups excluding carboxylic acids is 1. The average Bonchev–Trinajstić information content (AvgIpc) is 3.45. The zero-order valence-corrected chi connectivity index (χ0v) is 17.9. The van der Waals surface area contributed by atoms with E-state index >= 15 is 0 Å². The van der Waals surface area contributed by atoms with Crippen LogP contribution < -0.4 is 5.32 Å². The second-order valence-electron chi connectivity index (χ2n) is 7.18. The predicted molar refractivity (Wildman–Crippen MR) is 115 cm³/mol. The second-order valence-corrected chi connectivity index (χ2v) is 7.59. The van der Waals surface area contributed by atoms with Gasteiger partial charge in [0.2, 0.25) is 0 Å². The van der Waals surface area contributed by atoms with Gasteiger partial charge in [0.05, 0.1) is 18.0 Å². The number of aromatic nitrogens is 5. The van der Waals surface area contributed by atoms with Crippen LogP contribution in [-0.2, 0) is 13.1 Å². The minimum atomic E-state index is -0.569. The topological polar surface area (TPSA) is 134 Å². The van der Waals surface area contributed by atoms with E-state index in [0.717, 1.165) is 17.3 Å². The number of carbonyl (C=O) groups is 1. The third kappa shape index (κ3) is 4.52. The van der Waals surface area contributed by atoms with Crippen LogP contribution in [0.2, 0.25) is 5.02 Å². The van der Waals surface area contributed by atoms with Crippen molar-refractivity contribution in [2.45, 2.75) is 26.9 Å². The Morgan fingerprint density at radius 3 is 2.62 bits per heavy atom. The number of aryl methyl sites for hydroxylation is 2. The largest absolute Gasteiger partial charge is 0.361 e. The van der Waals surface area contributed by atoms with Gasteiger partial charge in [-0.05, 0) is 19.4 Å². The maximum absolute atomic E-state index is 12.8. The zero-order chi connectivity index (χ0) is 22.8. The van der Waals surface area contributed by atoms with Crippen molar-refractivity contribution in [3.63, 3.8) is 0 Å². The van der Waals surface area contributed by atoms with Gasteiger partial charge in [-0.1, -0.05) is 46.6 Å². The van der Waals surface area contributed by atoms with Crippen molar-refractivity contribution in [2.75, 3.05) is 5.32 Å². The molecule has 0 atom stereocenters. The molecule has 4 rings (SSSR count). The van der Waals surface area contributed by atoms with E-state index in [0.29, 0.717) is 17.9 Å². The number of nitrogens with one attached hydrogen (secondary N) is 1. The van der Waals surface area contributed by atoms with Gasteiger partial charge in [-0.3, -0.25) is 24.3 Å². The number of anilines is 1. The van der Waals surface area contributed by atoms with E-state index in [-0.39, 0.29) is 28.8 Å². The summed E-state index contributed by atoms with van der Waals surface area (Å²) in [5.41, 5.74) is 2.50. The van der Waals surface area contributed by atoms with Gasteiger partial charge in [0, 0.05) is 11.8 Å². The first-order chi connectivity index (χ1) is 15.3. The molecule has 0 aliphatic carbocycles. The second kappa shape index (κ2) is 8.63. The van der Waals surface area contributed by atoms with Gasteiger partial charge in [-0.2, -0.15) is 10.2 Å². The van der Waals surface area contributed by atoms with E-state index in [1.54, 1.807) is 17.8 Å². The molecule has 0 aliphatic heterocycles. The highest BCUT2D eigenvalue weighted by Gasteiger charge is 2.23. The van der Waals surface area contributed by atoms with Crippen LogP contribution in [-0.4, -0.2) is 35.5 Å². The molecule has 32 heavy (non-hydrogen) atoms. The third-order valence-corrected chi connectivity index (χ3v) is 5.04. The van der Waals surface area contributed by atoms with E-state index in [9.17, 15) is 14.9 Å². The van der Waals surface area contributed by atoms with Crippen LogP contribution in [0.3, 0.4) is 0 Å². The minimum Gasteiger partial charge on any atom is -0.361 e. The molecule has 3 heterocycles. The summed E-state index contributed by atoms with van der Waals surface area (Å²) in [5, 5.41) is 25.9. The van der Waals surface area contributed by atoms with Crippen molar-refractivity contribution in [3.05, 3.63) is 86.1 Å². The van der Waals surface area contributed by atoms with E-state index in [1.165, 1.54) is 10.9 Å².